The second-order valence-electron chi connectivity index (χ2n) is 8.75. The molecule has 2 amide bonds. The van der Waals surface area contributed by atoms with Crippen LogP contribution in [0, 0.1) is 17.0 Å². The van der Waals surface area contributed by atoms with Crippen LogP contribution in [-0.4, -0.2) is 28.9 Å². The zero-order chi connectivity index (χ0) is 29.2. The molecule has 0 aromatic heterocycles. The Hall–Kier alpha value is -5.90. The number of rotatable bonds is 9. The summed E-state index contributed by atoms with van der Waals surface area (Å²) < 4.78 is 5.38. The molecule has 2 N–H and O–H groups in total. The monoisotopic (exact) mass is 548 g/mol. The number of esters is 1. The molecule has 0 bridgehead atoms. The van der Waals surface area contributed by atoms with Crippen molar-refractivity contribution >= 4 is 41.4 Å². The van der Waals surface area contributed by atoms with Gasteiger partial charge in [0, 0.05) is 40.6 Å². The van der Waals surface area contributed by atoms with Crippen LogP contribution in [0.4, 0.5) is 11.4 Å². The SMILES string of the molecule is Cc1cccc(C(=O)Nc2cccc(C(=O)NN=Cc3ccccc3OC(=O)/C=C/c3cccc([N+](=O)[O-])c3)c2)c1. The highest BCUT2D eigenvalue weighted by molar-refractivity contribution is 6.05. The van der Waals surface area contributed by atoms with Gasteiger partial charge in [0.1, 0.15) is 5.75 Å². The molecule has 4 rings (SSSR count). The van der Waals surface area contributed by atoms with Gasteiger partial charge in [-0.1, -0.05) is 48.0 Å². The smallest absolute Gasteiger partial charge is 0.336 e. The number of nitrogens with one attached hydrogen (secondary N) is 2. The third kappa shape index (κ3) is 8.04. The molecular weight excluding hydrogens is 524 g/mol. The van der Waals surface area contributed by atoms with E-state index in [1.165, 1.54) is 36.6 Å². The Bertz CT molecular complexity index is 1680. The molecule has 0 atom stereocenters. The zero-order valence-corrected chi connectivity index (χ0v) is 21.8. The van der Waals surface area contributed by atoms with Crippen LogP contribution in [0.25, 0.3) is 6.08 Å². The van der Waals surface area contributed by atoms with Crippen LogP contribution in [0.15, 0.2) is 108 Å². The van der Waals surface area contributed by atoms with Gasteiger partial charge in [-0.25, -0.2) is 10.2 Å². The molecule has 0 heterocycles. The molecule has 0 aliphatic carbocycles. The van der Waals surface area contributed by atoms with Crippen LogP contribution >= 0.6 is 0 Å². The fraction of sp³-hybridized carbons (Fsp3) is 0.0323. The number of nitro groups is 1. The van der Waals surface area contributed by atoms with Crippen LogP contribution in [0.1, 0.15) is 37.4 Å². The molecule has 10 heteroatoms. The van der Waals surface area contributed by atoms with E-state index in [2.05, 4.69) is 15.8 Å². The number of amides is 2. The average Bonchev–Trinajstić information content (AvgIpc) is 2.97. The lowest BCUT2D eigenvalue weighted by Crippen LogP contribution is -2.18. The van der Waals surface area contributed by atoms with E-state index >= 15 is 0 Å². The summed E-state index contributed by atoms with van der Waals surface area (Å²) >= 11 is 0. The van der Waals surface area contributed by atoms with Gasteiger partial charge >= 0.3 is 5.97 Å². The molecule has 0 saturated carbocycles. The number of nitrogens with zero attached hydrogens (tertiary/aromatic N) is 2. The molecular formula is C31H24N4O6. The molecule has 0 fully saturated rings. The summed E-state index contributed by atoms with van der Waals surface area (Å²) in [6, 6.07) is 26.0. The Morgan fingerprint density at radius 1 is 0.854 bits per heavy atom. The second-order valence-corrected chi connectivity index (χ2v) is 8.75. The largest absolute Gasteiger partial charge is 0.423 e. The molecule has 0 radical (unpaired) electrons. The van der Waals surface area contributed by atoms with Gasteiger partial charge in [-0.05, 0) is 61.0 Å². The first-order chi connectivity index (χ1) is 19.8. The van der Waals surface area contributed by atoms with E-state index in [-0.39, 0.29) is 22.9 Å². The van der Waals surface area contributed by atoms with Crippen molar-refractivity contribution in [3.8, 4) is 5.75 Å². The van der Waals surface area contributed by atoms with Gasteiger partial charge in [0.15, 0.2) is 0 Å². The number of para-hydroxylation sites is 1. The van der Waals surface area contributed by atoms with Crippen molar-refractivity contribution in [2.24, 2.45) is 5.10 Å². The molecule has 0 spiro atoms. The van der Waals surface area contributed by atoms with Crippen LogP contribution in [-0.2, 0) is 4.79 Å². The predicted octanol–water partition coefficient (Wildman–Crippen LogP) is 5.54. The van der Waals surface area contributed by atoms with Gasteiger partial charge in [0.2, 0.25) is 0 Å². The van der Waals surface area contributed by atoms with E-state index in [9.17, 15) is 24.5 Å². The van der Waals surface area contributed by atoms with Crippen molar-refractivity contribution in [3.05, 3.63) is 141 Å². The van der Waals surface area contributed by atoms with Crippen molar-refractivity contribution in [1.82, 2.24) is 5.43 Å². The Morgan fingerprint density at radius 3 is 2.37 bits per heavy atom. The summed E-state index contributed by atoms with van der Waals surface area (Å²) in [5.41, 5.74) is 5.39. The zero-order valence-electron chi connectivity index (χ0n) is 21.8. The van der Waals surface area contributed by atoms with Crippen molar-refractivity contribution in [1.29, 1.82) is 0 Å². The van der Waals surface area contributed by atoms with Gasteiger partial charge in [0.05, 0.1) is 11.1 Å². The Labute approximate surface area is 235 Å². The minimum atomic E-state index is -0.703. The maximum atomic E-state index is 12.7. The number of non-ortho nitro benzene ring substituents is 1. The summed E-state index contributed by atoms with van der Waals surface area (Å²) in [5, 5.41) is 17.7. The first-order valence-corrected chi connectivity index (χ1v) is 12.3. The Morgan fingerprint density at radius 2 is 1.59 bits per heavy atom. The molecule has 10 nitrogen and oxygen atoms in total. The minimum absolute atomic E-state index is 0.0946. The van der Waals surface area contributed by atoms with Gasteiger partial charge < -0.3 is 10.1 Å². The summed E-state index contributed by atoms with van der Waals surface area (Å²) in [7, 11) is 0. The van der Waals surface area contributed by atoms with Crippen molar-refractivity contribution in [2.75, 3.05) is 5.32 Å². The minimum Gasteiger partial charge on any atom is -0.423 e. The van der Waals surface area contributed by atoms with Gasteiger partial charge in [-0.3, -0.25) is 19.7 Å². The lowest BCUT2D eigenvalue weighted by Gasteiger charge is -2.08. The van der Waals surface area contributed by atoms with Crippen molar-refractivity contribution in [2.45, 2.75) is 6.92 Å². The fourth-order valence-electron chi connectivity index (χ4n) is 3.68. The van der Waals surface area contributed by atoms with Gasteiger partial charge in [-0.15, -0.1) is 0 Å². The highest BCUT2D eigenvalue weighted by atomic mass is 16.6. The number of benzene rings is 4. The van der Waals surface area contributed by atoms with Crippen LogP contribution in [0.3, 0.4) is 0 Å². The topological polar surface area (TPSA) is 140 Å². The molecule has 0 unspecified atom stereocenters. The van der Waals surface area contributed by atoms with Crippen LogP contribution in [0.2, 0.25) is 0 Å². The van der Waals surface area contributed by atoms with E-state index < -0.39 is 16.8 Å². The molecule has 0 aliphatic heterocycles. The average molecular weight is 549 g/mol. The number of aryl methyl sites for hydroxylation is 1. The highest BCUT2D eigenvalue weighted by Gasteiger charge is 2.10. The molecule has 41 heavy (non-hydrogen) atoms. The normalized spacial score (nSPS) is 10.9. The quantitative estimate of drug-likeness (QED) is 0.0703. The lowest BCUT2D eigenvalue weighted by atomic mass is 10.1. The molecule has 204 valence electrons. The first-order valence-electron chi connectivity index (χ1n) is 12.3. The molecule has 0 aliphatic rings. The molecule has 4 aromatic rings. The summed E-state index contributed by atoms with van der Waals surface area (Å²) in [6.07, 6.45) is 3.89. The number of carbonyl (C=O) groups is 3. The fourth-order valence-corrected chi connectivity index (χ4v) is 3.68. The third-order valence-corrected chi connectivity index (χ3v) is 5.66. The van der Waals surface area contributed by atoms with E-state index in [1.807, 2.05) is 13.0 Å². The van der Waals surface area contributed by atoms with E-state index in [0.29, 0.717) is 22.4 Å². The van der Waals surface area contributed by atoms with E-state index in [0.717, 1.165) is 11.6 Å². The third-order valence-electron chi connectivity index (χ3n) is 5.66. The lowest BCUT2D eigenvalue weighted by molar-refractivity contribution is -0.384. The van der Waals surface area contributed by atoms with Crippen LogP contribution in [0.5, 0.6) is 5.75 Å². The van der Waals surface area contributed by atoms with Gasteiger partial charge in [0.25, 0.3) is 17.5 Å². The Balaban J connectivity index is 1.37. The number of hydrazone groups is 1. The highest BCUT2D eigenvalue weighted by Crippen LogP contribution is 2.18. The predicted molar refractivity (Wildman–Crippen MR) is 155 cm³/mol. The molecule has 4 aromatic carbocycles. The number of hydrogen-bond donors (Lipinski definition) is 2. The van der Waals surface area contributed by atoms with E-state index in [4.69, 9.17) is 4.74 Å². The standard InChI is InChI=1S/C31H24N4O6/c1-21-7-4-10-23(17-21)30(37)33-26-12-6-11-24(19-26)31(38)34-32-20-25-9-2-3-14-28(25)41-29(36)16-15-22-8-5-13-27(18-22)35(39)40/h2-20H,1H3,(H,33,37)(H,34,38)/b16-15+,32-20?. The number of anilines is 1. The maximum absolute atomic E-state index is 12.7. The summed E-state index contributed by atoms with van der Waals surface area (Å²) in [4.78, 5) is 48.0. The second kappa shape index (κ2) is 13.3. The maximum Gasteiger partial charge on any atom is 0.336 e. The first kappa shape index (κ1) is 28.1. The number of carbonyl (C=O) groups excluding carboxylic acids is 3. The summed E-state index contributed by atoms with van der Waals surface area (Å²) in [5.74, 6) is -1.32. The number of ether oxygens (including phenoxy) is 1. The van der Waals surface area contributed by atoms with Crippen molar-refractivity contribution in [3.63, 3.8) is 0 Å². The van der Waals surface area contributed by atoms with E-state index in [1.54, 1.807) is 66.7 Å². The molecule has 0 saturated heterocycles. The Kier molecular flexibility index (Phi) is 9.09. The van der Waals surface area contributed by atoms with Crippen LogP contribution < -0.4 is 15.5 Å². The number of nitro benzene ring substituents is 1. The van der Waals surface area contributed by atoms with Gasteiger partial charge in [-0.2, -0.15) is 5.10 Å². The van der Waals surface area contributed by atoms with Crippen molar-refractivity contribution < 1.29 is 24.0 Å². The summed E-state index contributed by atoms with van der Waals surface area (Å²) in [6.45, 7) is 1.89. The number of hydrogen-bond acceptors (Lipinski definition) is 7.